The Bertz CT molecular complexity index is 286. The Morgan fingerprint density at radius 2 is 2.14 bits per heavy atom. The SMILES string of the molecule is C[Si](C(=O)NC(C)(C)C)C1=CC=CC1. The van der Waals surface area contributed by atoms with Crippen molar-refractivity contribution < 1.29 is 4.79 Å². The van der Waals surface area contributed by atoms with Gasteiger partial charge in [-0.1, -0.05) is 30.0 Å². The minimum Gasteiger partial charge on any atom is -0.356 e. The summed E-state index contributed by atoms with van der Waals surface area (Å²) in [5, 5.41) is 4.34. The van der Waals surface area contributed by atoms with Crippen molar-refractivity contribution in [3.8, 4) is 0 Å². The van der Waals surface area contributed by atoms with Crippen LogP contribution in [0.15, 0.2) is 23.4 Å². The third-order valence-corrected chi connectivity index (χ3v) is 4.22. The Morgan fingerprint density at radius 1 is 1.50 bits per heavy atom. The molecular weight excluding hydrogens is 190 g/mol. The second-order valence-electron chi connectivity index (χ2n) is 4.65. The van der Waals surface area contributed by atoms with Crippen molar-refractivity contribution in [2.75, 3.05) is 0 Å². The molecule has 0 heterocycles. The number of carbonyl (C=O) groups excluding carboxylic acids is 1. The van der Waals surface area contributed by atoms with Gasteiger partial charge in [0.1, 0.15) is 0 Å². The standard InChI is InChI=1S/C11H18NOSi/c1-11(2,3)12-10(13)14(4)9-7-5-6-8-9/h5-7H,8H2,1-4H3,(H,12,13). The molecule has 3 heteroatoms. The van der Waals surface area contributed by atoms with Crippen LogP contribution < -0.4 is 5.32 Å². The summed E-state index contributed by atoms with van der Waals surface area (Å²) in [7, 11) is -1.03. The maximum atomic E-state index is 11.8. The molecule has 0 bridgehead atoms. The highest BCUT2D eigenvalue weighted by Gasteiger charge is 2.24. The van der Waals surface area contributed by atoms with E-state index in [0.717, 1.165) is 6.42 Å². The second kappa shape index (κ2) is 4.13. The predicted octanol–water partition coefficient (Wildman–Crippen LogP) is 2.63. The minimum absolute atomic E-state index is 0.115. The molecule has 1 radical (unpaired) electrons. The number of rotatable bonds is 2. The van der Waals surface area contributed by atoms with Crippen molar-refractivity contribution in [2.24, 2.45) is 0 Å². The molecule has 1 amide bonds. The van der Waals surface area contributed by atoms with Gasteiger partial charge in [0, 0.05) is 5.54 Å². The molecule has 1 aliphatic carbocycles. The van der Waals surface area contributed by atoms with Crippen molar-refractivity contribution >= 4 is 14.3 Å². The van der Waals surface area contributed by atoms with Gasteiger partial charge < -0.3 is 5.32 Å². The first-order valence-electron chi connectivity index (χ1n) is 4.92. The Hall–Kier alpha value is -0.833. The highest BCUT2D eigenvalue weighted by molar-refractivity contribution is 6.94. The van der Waals surface area contributed by atoms with Crippen LogP contribution in [0.25, 0.3) is 0 Å². The van der Waals surface area contributed by atoms with Crippen LogP contribution in [0.4, 0.5) is 4.79 Å². The van der Waals surface area contributed by atoms with E-state index in [1.54, 1.807) is 0 Å². The quantitative estimate of drug-likeness (QED) is 0.694. The molecule has 1 rings (SSSR count). The first-order chi connectivity index (χ1) is 6.40. The molecule has 0 aliphatic heterocycles. The average molecular weight is 208 g/mol. The van der Waals surface area contributed by atoms with Gasteiger partial charge in [0.05, 0.1) is 0 Å². The number of hydrogen-bond donors (Lipinski definition) is 1. The number of carbonyl (C=O) groups is 1. The lowest BCUT2D eigenvalue weighted by molar-refractivity contribution is 0.250. The molecule has 0 fully saturated rings. The molecule has 0 saturated carbocycles. The number of nitrogens with one attached hydrogen (secondary N) is 1. The molecule has 0 atom stereocenters. The monoisotopic (exact) mass is 208 g/mol. The van der Waals surface area contributed by atoms with Crippen LogP contribution in [0.5, 0.6) is 0 Å². The molecule has 0 unspecified atom stereocenters. The molecular formula is C11H18NOSi. The molecule has 1 aliphatic rings. The predicted molar refractivity (Wildman–Crippen MR) is 61.7 cm³/mol. The van der Waals surface area contributed by atoms with Gasteiger partial charge >= 0.3 is 0 Å². The summed E-state index contributed by atoms with van der Waals surface area (Å²) >= 11 is 0. The van der Waals surface area contributed by atoms with E-state index in [1.807, 2.05) is 26.8 Å². The summed E-state index contributed by atoms with van der Waals surface area (Å²) in [5.41, 5.74) is 0.104. The molecule has 2 nitrogen and oxygen atoms in total. The van der Waals surface area contributed by atoms with Crippen molar-refractivity contribution in [1.29, 1.82) is 0 Å². The highest BCUT2D eigenvalue weighted by atomic mass is 28.3. The van der Waals surface area contributed by atoms with Crippen LogP contribution in [-0.2, 0) is 0 Å². The molecule has 0 aromatic carbocycles. The van der Waals surface area contributed by atoms with E-state index in [2.05, 4.69) is 24.0 Å². The maximum Gasteiger partial charge on any atom is 0.195 e. The zero-order valence-electron chi connectivity index (χ0n) is 9.35. The molecule has 1 N–H and O–H groups in total. The van der Waals surface area contributed by atoms with Gasteiger partial charge in [-0.25, -0.2) is 0 Å². The Morgan fingerprint density at radius 3 is 2.57 bits per heavy atom. The lowest BCUT2D eigenvalue weighted by Crippen LogP contribution is -2.46. The second-order valence-corrected chi connectivity index (χ2v) is 7.00. The lowest BCUT2D eigenvalue weighted by atomic mass is 10.1. The van der Waals surface area contributed by atoms with Crippen molar-refractivity contribution in [1.82, 2.24) is 5.32 Å². The van der Waals surface area contributed by atoms with Crippen molar-refractivity contribution in [3.63, 3.8) is 0 Å². The van der Waals surface area contributed by atoms with Crippen molar-refractivity contribution in [2.45, 2.75) is 39.3 Å². The van der Waals surface area contributed by atoms with E-state index in [1.165, 1.54) is 5.20 Å². The molecule has 0 aromatic rings. The van der Waals surface area contributed by atoms with Crippen molar-refractivity contribution in [3.05, 3.63) is 23.4 Å². The first kappa shape index (κ1) is 11.2. The zero-order chi connectivity index (χ0) is 10.8. The van der Waals surface area contributed by atoms with Gasteiger partial charge in [-0.3, -0.25) is 4.79 Å². The van der Waals surface area contributed by atoms with Crippen LogP contribution in [-0.4, -0.2) is 19.9 Å². The van der Waals surface area contributed by atoms with Gasteiger partial charge in [0.25, 0.3) is 0 Å². The summed E-state index contributed by atoms with van der Waals surface area (Å²) in [6, 6.07) is 0. The fourth-order valence-corrected chi connectivity index (χ4v) is 2.93. The van der Waals surface area contributed by atoms with Gasteiger partial charge in [-0.2, -0.15) is 0 Å². The molecule has 0 aromatic heterocycles. The smallest absolute Gasteiger partial charge is 0.195 e. The molecule has 0 spiro atoms. The Labute approximate surface area is 87.7 Å². The fourth-order valence-electron chi connectivity index (χ4n) is 1.31. The largest absolute Gasteiger partial charge is 0.356 e. The van der Waals surface area contributed by atoms with E-state index in [9.17, 15) is 4.79 Å². The van der Waals surface area contributed by atoms with Gasteiger partial charge in [-0.05, 0) is 27.2 Å². The van der Waals surface area contributed by atoms with Crippen LogP contribution in [0.2, 0.25) is 6.55 Å². The minimum atomic E-state index is -1.03. The Balaban J connectivity index is 2.53. The van der Waals surface area contributed by atoms with Gasteiger partial charge in [0.2, 0.25) is 0 Å². The summed E-state index contributed by atoms with van der Waals surface area (Å²) in [6.45, 7) is 8.11. The third-order valence-electron chi connectivity index (χ3n) is 2.08. The number of allylic oxidation sites excluding steroid dienone is 4. The number of amides is 1. The maximum absolute atomic E-state index is 11.8. The normalized spacial score (nSPS) is 15.9. The summed E-state index contributed by atoms with van der Waals surface area (Å²) in [4.78, 5) is 11.8. The zero-order valence-corrected chi connectivity index (χ0v) is 10.3. The first-order valence-corrected chi connectivity index (χ1v) is 6.92. The van der Waals surface area contributed by atoms with Crippen LogP contribution in [0.3, 0.4) is 0 Å². The lowest BCUT2D eigenvalue weighted by Gasteiger charge is -2.23. The molecule has 14 heavy (non-hydrogen) atoms. The molecule has 0 saturated heterocycles. The van der Waals surface area contributed by atoms with E-state index in [-0.39, 0.29) is 11.1 Å². The van der Waals surface area contributed by atoms with Crippen LogP contribution in [0.1, 0.15) is 27.2 Å². The highest BCUT2D eigenvalue weighted by Crippen LogP contribution is 2.15. The third kappa shape index (κ3) is 3.14. The van der Waals surface area contributed by atoms with Gasteiger partial charge in [0.15, 0.2) is 14.3 Å². The van der Waals surface area contributed by atoms with E-state index in [4.69, 9.17) is 0 Å². The topological polar surface area (TPSA) is 29.1 Å². The van der Waals surface area contributed by atoms with E-state index in [0.29, 0.717) is 0 Å². The van der Waals surface area contributed by atoms with Crippen LogP contribution in [0, 0.1) is 0 Å². The van der Waals surface area contributed by atoms with Gasteiger partial charge in [-0.15, -0.1) is 0 Å². The Kier molecular flexibility index (Phi) is 3.32. The van der Waals surface area contributed by atoms with Crippen LogP contribution >= 0.6 is 0 Å². The van der Waals surface area contributed by atoms with E-state index >= 15 is 0 Å². The number of hydrogen-bond acceptors (Lipinski definition) is 1. The fraction of sp³-hybridized carbons (Fsp3) is 0.545. The summed E-state index contributed by atoms with van der Waals surface area (Å²) in [6.07, 6.45) is 7.18. The summed E-state index contributed by atoms with van der Waals surface area (Å²) < 4.78 is 0. The van der Waals surface area contributed by atoms with E-state index < -0.39 is 8.80 Å². The average Bonchev–Trinajstić information content (AvgIpc) is 2.51. The summed E-state index contributed by atoms with van der Waals surface area (Å²) in [5.74, 6) is 0. The molecule has 77 valence electrons.